The summed E-state index contributed by atoms with van der Waals surface area (Å²) in [4.78, 5) is 15.7. The Morgan fingerprint density at radius 2 is 1.95 bits per heavy atom. The molecule has 0 radical (unpaired) electrons. The minimum Gasteiger partial charge on any atom is -0.331 e. The van der Waals surface area contributed by atoms with Gasteiger partial charge in [0.1, 0.15) is 5.82 Å². The van der Waals surface area contributed by atoms with E-state index in [1.165, 1.54) is 24.3 Å². The maximum Gasteiger partial charge on any atom is 0.257 e. The second kappa shape index (κ2) is 6.01. The molecule has 2 rings (SSSR count). The summed E-state index contributed by atoms with van der Waals surface area (Å²) in [5.74, 6) is -0.797. The zero-order valence-corrected chi connectivity index (χ0v) is 10.6. The fourth-order valence-electron chi connectivity index (χ4n) is 1.38. The molecule has 0 aliphatic rings. The number of hydrogen-bond donors (Lipinski definition) is 2. The predicted octanol–water partition coefficient (Wildman–Crippen LogP) is 2.35. The molecule has 2 aromatic rings. The van der Waals surface area contributed by atoms with Crippen LogP contribution < -0.4 is 10.6 Å². The number of benzene rings is 1. The van der Waals surface area contributed by atoms with Gasteiger partial charge in [0, 0.05) is 11.8 Å². The van der Waals surface area contributed by atoms with Crippen molar-refractivity contribution < 1.29 is 9.18 Å². The molecule has 4 nitrogen and oxygen atoms in total. The van der Waals surface area contributed by atoms with Gasteiger partial charge in [-0.2, -0.15) is 0 Å². The van der Waals surface area contributed by atoms with Crippen LogP contribution in [0, 0.1) is 5.82 Å². The standard InChI is InChI=1S/C13H10FN3OS/c14-10-5-3-9(4-6-10)12(18)17-13(19)16-11-2-1-7-15-8-11/h1-8H,(H2,16,17,18,19). The van der Waals surface area contributed by atoms with E-state index >= 15 is 0 Å². The topological polar surface area (TPSA) is 54.0 Å². The molecule has 0 aliphatic carbocycles. The Morgan fingerprint density at radius 3 is 2.58 bits per heavy atom. The number of nitrogens with one attached hydrogen (secondary N) is 2. The van der Waals surface area contributed by atoms with E-state index < -0.39 is 11.7 Å². The van der Waals surface area contributed by atoms with Crippen LogP contribution >= 0.6 is 12.2 Å². The van der Waals surface area contributed by atoms with E-state index in [1.54, 1.807) is 24.5 Å². The Labute approximate surface area is 114 Å². The van der Waals surface area contributed by atoms with Gasteiger partial charge in [0.25, 0.3) is 5.91 Å². The van der Waals surface area contributed by atoms with E-state index in [1.807, 2.05) is 0 Å². The van der Waals surface area contributed by atoms with Crippen molar-refractivity contribution in [3.8, 4) is 0 Å². The molecule has 0 atom stereocenters. The van der Waals surface area contributed by atoms with Crippen LogP contribution in [0.5, 0.6) is 0 Å². The number of nitrogens with zero attached hydrogens (tertiary/aromatic N) is 1. The predicted molar refractivity (Wildman–Crippen MR) is 74.3 cm³/mol. The van der Waals surface area contributed by atoms with Crippen molar-refractivity contribution in [2.24, 2.45) is 0 Å². The first-order valence-electron chi connectivity index (χ1n) is 5.43. The van der Waals surface area contributed by atoms with Gasteiger partial charge in [-0.15, -0.1) is 0 Å². The maximum absolute atomic E-state index is 12.7. The summed E-state index contributed by atoms with van der Waals surface area (Å²) in [6.45, 7) is 0. The molecule has 1 aromatic carbocycles. The highest BCUT2D eigenvalue weighted by Gasteiger charge is 2.07. The van der Waals surface area contributed by atoms with Crippen LogP contribution in [0.2, 0.25) is 0 Å². The molecule has 0 spiro atoms. The number of anilines is 1. The molecular formula is C13H10FN3OS. The Morgan fingerprint density at radius 1 is 1.21 bits per heavy atom. The summed E-state index contributed by atoms with van der Waals surface area (Å²) >= 11 is 4.99. The Balaban J connectivity index is 1.95. The number of thiocarbonyl (C=S) groups is 1. The lowest BCUT2D eigenvalue weighted by Crippen LogP contribution is -2.34. The summed E-state index contributed by atoms with van der Waals surface area (Å²) in [5.41, 5.74) is 1.00. The molecule has 0 fully saturated rings. The van der Waals surface area contributed by atoms with Crippen LogP contribution in [0.4, 0.5) is 10.1 Å². The summed E-state index contributed by atoms with van der Waals surface area (Å²) < 4.78 is 12.7. The fourth-order valence-corrected chi connectivity index (χ4v) is 1.59. The highest BCUT2D eigenvalue weighted by Crippen LogP contribution is 2.04. The zero-order valence-electron chi connectivity index (χ0n) is 9.76. The number of pyridine rings is 1. The number of amides is 1. The molecule has 19 heavy (non-hydrogen) atoms. The first-order chi connectivity index (χ1) is 9.15. The van der Waals surface area contributed by atoms with E-state index in [4.69, 9.17) is 12.2 Å². The van der Waals surface area contributed by atoms with Crippen LogP contribution in [0.3, 0.4) is 0 Å². The SMILES string of the molecule is O=C(NC(=S)Nc1cccnc1)c1ccc(F)cc1. The van der Waals surface area contributed by atoms with Crippen molar-refractivity contribution >= 4 is 28.9 Å². The minimum atomic E-state index is -0.401. The van der Waals surface area contributed by atoms with Crippen LogP contribution in [0.25, 0.3) is 0 Å². The molecule has 96 valence electrons. The van der Waals surface area contributed by atoms with E-state index in [0.717, 1.165) is 0 Å². The van der Waals surface area contributed by atoms with Gasteiger partial charge < -0.3 is 5.32 Å². The first kappa shape index (κ1) is 13.1. The molecule has 2 N–H and O–H groups in total. The Hall–Kier alpha value is -2.34. The van der Waals surface area contributed by atoms with Crippen molar-refractivity contribution in [2.75, 3.05) is 5.32 Å². The molecule has 0 saturated carbocycles. The molecule has 0 aliphatic heterocycles. The largest absolute Gasteiger partial charge is 0.331 e. The van der Waals surface area contributed by atoms with Gasteiger partial charge in [0.15, 0.2) is 5.11 Å². The average Bonchev–Trinajstić information content (AvgIpc) is 2.40. The van der Waals surface area contributed by atoms with Gasteiger partial charge in [-0.05, 0) is 48.6 Å². The number of hydrogen-bond acceptors (Lipinski definition) is 3. The van der Waals surface area contributed by atoms with Crippen LogP contribution in [-0.4, -0.2) is 16.0 Å². The summed E-state index contributed by atoms with van der Waals surface area (Å²) in [7, 11) is 0. The third-order valence-corrected chi connectivity index (χ3v) is 2.46. The molecule has 6 heteroatoms. The summed E-state index contributed by atoms with van der Waals surface area (Å²) in [6.07, 6.45) is 3.21. The smallest absolute Gasteiger partial charge is 0.257 e. The number of rotatable bonds is 2. The third-order valence-electron chi connectivity index (χ3n) is 2.25. The van der Waals surface area contributed by atoms with Gasteiger partial charge in [-0.1, -0.05) is 0 Å². The Kier molecular flexibility index (Phi) is 4.15. The van der Waals surface area contributed by atoms with Crippen molar-refractivity contribution in [1.82, 2.24) is 10.3 Å². The van der Waals surface area contributed by atoms with Crippen molar-refractivity contribution in [3.05, 3.63) is 60.2 Å². The number of aromatic nitrogens is 1. The van der Waals surface area contributed by atoms with Crippen LogP contribution in [0.1, 0.15) is 10.4 Å². The van der Waals surface area contributed by atoms with Crippen molar-refractivity contribution in [1.29, 1.82) is 0 Å². The van der Waals surface area contributed by atoms with Gasteiger partial charge in [0.2, 0.25) is 0 Å². The molecule has 1 aromatic heterocycles. The lowest BCUT2D eigenvalue weighted by Gasteiger charge is -2.08. The van der Waals surface area contributed by atoms with Crippen molar-refractivity contribution in [2.45, 2.75) is 0 Å². The normalized spacial score (nSPS) is 9.74. The quantitative estimate of drug-likeness (QED) is 0.826. The maximum atomic E-state index is 12.7. The monoisotopic (exact) mass is 275 g/mol. The van der Waals surface area contributed by atoms with Gasteiger partial charge >= 0.3 is 0 Å². The molecule has 0 saturated heterocycles. The fraction of sp³-hybridized carbons (Fsp3) is 0. The van der Waals surface area contributed by atoms with Crippen LogP contribution in [-0.2, 0) is 0 Å². The van der Waals surface area contributed by atoms with Gasteiger partial charge in [-0.25, -0.2) is 4.39 Å². The highest BCUT2D eigenvalue weighted by molar-refractivity contribution is 7.80. The van der Waals surface area contributed by atoms with E-state index in [-0.39, 0.29) is 5.11 Å². The number of carbonyl (C=O) groups is 1. The average molecular weight is 275 g/mol. The van der Waals surface area contributed by atoms with E-state index in [9.17, 15) is 9.18 Å². The third kappa shape index (κ3) is 3.82. The lowest BCUT2D eigenvalue weighted by atomic mass is 10.2. The van der Waals surface area contributed by atoms with Gasteiger partial charge in [-0.3, -0.25) is 15.1 Å². The molecule has 0 bridgehead atoms. The summed E-state index contributed by atoms with van der Waals surface area (Å²) in [5, 5.41) is 5.47. The van der Waals surface area contributed by atoms with E-state index in [2.05, 4.69) is 15.6 Å². The second-order valence-electron chi connectivity index (χ2n) is 3.66. The number of halogens is 1. The minimum absolute atomic E-state index is 0.155. The molecule has 0 unspecified atom stereocenters. The summed E-state index contributed by atoms with van der Waals surface area (Å²) in [6, 6.07) is 8.71. The van der Waals surface area contributed by atoms with Crippen molar-refractivity contribution in [3.63, 3.8) is 0 Å². The van der Waals surface area contributed by atoms with E-state index in [0.29, 0.717) is 11.3 Å². The molecule has 1 amide bonds. The highest BCUT2D eigenvalue weighted by atomic mass is 32.1. The Bertz CT molecular complexity index is 587. The number of carbonyl (C=O) groups excluding carboxylic acids is 1. The lowest BCUT2D eigenvalue weighted by molar-refractivity contribution is 0.0977. The molecular weight excluding hydrogens is 265 g/mol. The second-order valence-corrected chi connectivity index (χ2v) is 4.07. The first-order valence-corrected chi connectivity index (χ1v) is 5.84. The van der Waals surface area contributed by atoms with Gasteiger partial charge in [0.05, 0.1) is 11.9 Å². The zero-order chi connectivity index (χ0) is 13.7. The van der Waals surface area contributed by atoms with Crippen LogP contribution in [0.15, 0.2) is 48.8 Å². The molecule has 1 heterocycles.